The molecule has 188 valence electrons. The first-order chi connectivity index (χ1) is 18.1. The molecule has 1 aliphatic rings. The highest BCUT2D eigenvalue weighted by atomic mass is 31.1. The SMILES string of the molecule is B[C@]1(O)C[C@H](P(c2ccccc2)c2ccccc2)[C@H](CP(c2ccccc2)c2ccccc2)[C@@H]1CCO. The fourth-order valence-corrected chi connectivity index (χ4v) is 12.3. The summed E-state index contributed by atoms with van der Waals surface area (Å²) in [7, 11) is 0.712. The number of benzene rings is 4. The lowest BCUT2D eigenvalue weighted by atomic mass is 9.70. The van der Waals surface area contributed by atoms with Gasteiger partial charge in [-0.2, -0.15) is 0 Å². The molecule has 4 aromatic rings. The molecule has 0 spiro atoms. The zero-order valence-corrected chi connectivity index (χ0v) is 23.2. The van der Waals surface area contributed by atoms with E-state index in [1.807, 2.05) is 7.85 Å². The summed E-state index contributed by atoms with van der Waals surface area (Å²) in [6.07, 6.45) is 2.39. The Kier molecular flexibility index (Phi) is 8.58. The van der Waals surface area contributed by atoms with E-state index in [-0.39, 0.29) is 12.5 Å². The van der Waals surface area contributed by atoms with E-state index in [9.17, 15) is 10.2 Å². The minimum absolute atomic E-state index is 0.0531. The third kappa shape index (κ3) is 5.92. The average molecular weight is 524 g/mol. The van der Waals surface area contributed by atoms with E-state index < -0.39 is 21.3 Å². The maximum absolute atomic E-state index is 11.8. The Balaban J connectivity index is 1.62. The lowest BCUT2D eigenvalue weighted by Crippen LogP contribution is -2.37. The van der Waals surface area contributed by atoms with Gasteiger partial charge in [-0.15, -0.1) is 0 Å². The standard InChI is InChI=1S/C32H35BO2P2/c33-32(35)23-31(37(27-17-9-3-10-18-27)28-19-11-4-12-20-28)29(30(32)21-22-34)24-36(25-13-5-1-6-14-25)26-15-7-2-8-16-26/h1-20,29-31,34-35H,21-24,33H2/t29-,30+,31+,32+/m1/s1. The highest BCUT2D eigenvalue weighted by molar-refractivity contribution is 7.74. The summed E-state index contributed by atoms with van der Waals surface area (Å²) < 4.78 is 0. The van der Waals surface area contributed by atoms with Crippen LogP contribution in [0.15, 0.2) is 121 Å². The Bertz CT molecular complexity index is 1160. The molecule has 0 heterocycles. The van der Waals surface area contributed by atoms with Crippen LogP contribution < -0.4 is 21.2 Å². The average Bonchev–Trinajstić information content (AvgIpc) is 3.18. The van der Waals surface area contributed by atoms with Crippen LogP contribution >= 0.6 is 15.8 Å². The minimum atomic E-state index is -0.809. The van der Waals surface area contributed by atoms with Crippen molar-refractivity contribution in [1.82, 2.24) is 0 Å². The second kappa shape index (κ2) is 12.1. The van der Waals surface area contributed by atoms with Gasteiger partial charge in [0.2, 0.25) is 0 Å². The first kappa shape index (κ1) is 26.3. The number of rotatable bonds is 9. The molecule has 2 N–H and O–H groups in total. The fraction of sp³-hybridized carbons (Fsp3) is 0.250. The molecule has 0 aromatic heterocycles. The molecule has 0 aliphatic heterocycles. The van der Waals surface area contributed by atoms with Crippen LogP contribution in [0.5, 0.6) is 0 Å². The van der Waals surface area contributed by atoms with E-state index >= 15 is 0 Å². The van der Waals surface area contributed by atoms with Gasteiger partial charge in [0.05, 0.1) is 0 Å². The fourth-order valence-electron chi connectivity index (χ4n) is 6.15. The molecule has 0 amide bonds. The van der Waals surface area contributed by atoms with E-state index in [4.69, 9.17) is 0 Å². The molecule has 37 heavy (non-hydrogen) atoms. The van der Waals surface area contributed by atoms with Crippen molar-refractivity contribution in [2.24, 2.45) is 11.8 Å². The van der Waals surface area contributed by atoms with E-state index in [0.717, 1.165) is 12.6 Å². The zero-order valence-electron chi connectivity index (χ0n) is 21.4. The van der Waals surface area contributed by atoms with E-state index in [1.54, 1.807) is 0 Å². The molecule has 0 radical (unpaired) electrons. The highest BCUT2D eigenvalue weighted by Gasteiger charge is 2.52. The Morgan fingerprint density at radius 2 is 1.08 bits per heavy atom. The van der Waals surface area contributed by atoms with Crippen molar-refractivity contribution in [3.8, 4) is 0 Å². The van der Waals surface area contributed by atoms with E-state index in [1.165, 1.54) is 21.2 Å². The van der Waals surface area contributed by atoms with Crippen LogP contribution in [0.25, 0.3) is 0 Å². The number of hydrogen-bond acceptors (Lipinski definition) is 2. The van der Waals surface area contributed by atoms with Gasteiger partial charge in [0.1, 0.15) is 7.85 Å². The van der Waals surface area contributed by atoms with Crippen LogP contribution in [0.4, 0.5) is 0 Å². The Morgan fingerprint density at radius 3 is 1.49 bits per heavy atom. The van der Waals surface area contributed by atoms with Crippen molar-refractivity contribution in [2.75, 3.05) is 12.8 Å². The molecule has 4 aromatic carbocycles. The van der Waals surface area contributed by atoms with Gasteiger partial charge in [-0.1, -0.05) is 121 Å². The molecular formula is C32H35BO2P2. The maximum atomic E-state index is 11.8. The first-order valence-electron chi connectivity index (χ1n) is 13.2. The van der Waals surface area contributed by atoms with Gasteiger partial charge in [0.25, 0.3) is 0 Å². The molecule has 0 saturated heterocycles. The smallest absolute Gasteiger partial charge is 0.143 e. The van der Waals surface area contributed by atoms with Gasteiger partial charge >= 0.3 is 0 Å². The number of aliphatic hydroxyl groups excluding tert-OH is 1. The van der Waals surface area contributed by atoms with Crippen LogP contribution in [-0.4, -0.2) is 42.0 Å². The molecule has 5 heteroatoms. The summed E-state index contributed by atoms with van der Waals surface area (Å²) in [5, 5.41) is 27.4. The zero-order chi connectivity index (χ0) is 25.7. The van der Waals surface area contributed by atoms with Crippen LogP contribution in [0.3, 0.4) is 0 Å². The van der Waals surface area contributed by atoms with Gasteiger partial charge in [-0.3, -0.25) is 0 Å². The van der Waals surface area contributed by atoms with Crippen LogP contribution in [-0.2, 0) is 0 Å². The summed E-state index contributed by atoms with van der Waals surface area (Å²) in [6, 6.07) is 43.6. The molecule has 2 nitrogen and oxygen atoms in total. The first-order valence-corrected chi connectivity index (χ1v) is 16.1. The Labute approximate surface area is 224 Å². The Morgan fingerprint density at radius 1 is 0.676 bits per heavy atom. The lowest BCUT2D eigenvalue weighted by molar-refractivity contribution is 0.0607. The van der Waals surface area contributed by atoms with Gasteiger partial charge < -0.3 is 10.2 Å². The molecule has 5 rings (SSSR count). The molecular weight excluding hydrogens is 489 g/mol. The summed E-state index contributed by atoms with van der Waals surface area (Å²) in [5.41, 5.74) is -0.486. The normalized spacial score (nSPS) is 23.5. The van der Waals surface area contributed by atoms with Crippen molar-refractivity contribution in [3.63, 3.8) is 0 Å². The second-order valence-corrected chi connectivity index (χ2v) is 14.9. The van der Waals surface area contributed by atoms with Gasteiger partial charge in [-0.25, -0.2) is 0 Å². The quantitative estimate of drug-likeness (QED) is 0.257. The maximum Gasteiger partial charge on any atom is 0.143 e. The van der Waals surface area contributed by atoms with Crippen molar-refractivity contribution < 1.29 is 10.2 Å². The monoisotopic (exact) mass is 524 g/mol. The third-order valence-electron chi connectivity index (χ3n) is 7.80. The molecule has 1 aliphatic carbocycles. The third-order valence-corrected chi connectivity index (χ3v) is 13.4. The summed E-state index contributed by atoms with van der Waals surface area (Å²) in [6.45, 7) is 0.104. The largest absolute Gasteiger partial charge is 0.399 e. The lowest BCUT2D eigenvalue weighted by Gasteiger charge is -2.35. The molecule has 1 fully saturated rings. The van der Waals surface area contributed by atoms with Gasteiger partial charge in [-0.05, 0) is 73.6 Å². The van der Waals surface area contributed by atoms with Crippen molar-refractivity contribution in [3.05, 3.63) is 121 Å². The molecule has 4 atom stereocenters. The van der Waals surface area contributed by atoms with E-state index in [0.29, 0.717) is 18.0 Å². The Hall–Kier alpha value is -2.28. The van der Waals surface area contributed by atoms with Gasteiger partial charge in [0.15, 0.2) is 0 Å². The number of hydrogen-bond donors (Lipinski definition) is 2. The van der Waals surface area contributed by atoms with Gasteiger partial charge in [0, 0.05) is 12.1 Å². The van der Waals surface area contributed by atoms with Crippen LogP contribution in [0, 0.1) is 11.8 Å². The predicted octanol–water partition coefficient (Wildman–Crippen LogP) is 3.96. The van der Waals surface area contributed by atoms with Crippen LogP contribution in [0.1, 0.15) is 12.8 Å². The van der Waals surface area contributed by atoms with Crippen LogP contribution in [0.2, 0.25) is 0 Å². The van der Waals surface area contributed by atoms with Crippen molar-refractivity contribution >= 4 is 44.9 Å². The topological polar surface area (TPSA) is 40.5 Å². The minimum Gasteiger partial charge on any atom is -0.399 e. The molecule has 0 unspecified atom stereocenters. The van der Waals surface area contributed by atoms with E-state index in [2.05, 4.69) is 121 Å². The second-order valence-electron chi connectivity index (χ2n) is 10.2. The molecule has 1 saturated carbocycles. The summed E-state index contributed by atoms with van der Waals surface area (Å²) in [5.74, 6) is 0.345. The van der Waals surface area contributed by atoms with Crippen molar-refractivity contribution in [2.45, 2.75) is 24.0 Å². The van der Waals surface area contributed by atoms with Crippen molar-refractivity contribution in [1.29, 1.82) is 0 Å². The highest BCUT2D eigenvalue weighted by Crippen LogP contribution is 2.58. The predicted molar refractivity (Wildman–Crippen MR) is 164 cm³/mol. The summed E-state index contributed by atoms with van der Waals surface area (Å²) >= 11 is 0. The summed E-state index contributed by atoms with van der Waals surface area (Å²) in [4.78, 5) is 0. The molecule has 0 bridgehead atoms. The number of aliphatic hydroxyl groups is 2.